The molecule has 0 fully saturated rings. The highest BCUT2D eigenvalue weighted by Crippen LogP contribution is 2.22. The summed E-state index contributed by atoms with van der Waals surface area (Å²) in [5.41, 5.74) is 0.515. The second-order valence-corrected chi connectivity index (χ2v) is 6.71. The first-order valence-electron chi connectivity index (χ1n) is 8.00. The number of rotatable bonds is 5. The average molecular weight is 341 g/mol. The number of benzene rings is 2. The lowest BCUT2D eigenvalue weighted by molar-refractivity contribution is -0.144. The zero-order chi connectivity index (χ0) is 18.4. The van der Waals surface area contributed by atoms with E-state index in [9.17, 15) is 9.59 Å². The molecule has 0 unspecified atom stereocenters. The number of amides is 1. The van der Waals surface area contributed by atoms with E-state index in [1.54, 1.807) is 13.2 Å². The van der Waals surface area contributed by atoms with Gasteiger partial charge in [0.15, 0.2) is 6.61 Å². The molecule has 0 saturated heterocycles. The number of ether oxygens (including phenoxy) is 2. The van der Waals surface area contributed by atoms with Gasteiger partial charge in [0, 0.05) is 11.6 Å². The summed E-state index contributed by atoms with van der Waals surface area (Å²) >= 11 is 0. The fraction of sp³-hybridized carbons (Fsp3) is 0.300. The lowest BCUT2D eigenvalue weighted by Crippen LogP contribution is -2.42. The van der Waals surface area contributed by atoms with Crippen LogP contribution in [0.4, 0.5) is 0 Å². The molecular formula is C20H23NO4. The Kier molecular flexibility index (Phi) is 5.80. The van der Waals surface area contributed by atoms with Crippen LogP contribution in [0.3, 0.4) is 0 Å². The van der Waals surface area contributed by atoms with Crippen LogP contribution in [-0.2, 0) is 14.3 Å². The van der Waals surface area contributed by atoms with Gasteiger partial charge in [-0.2, -0.15) is 0 Å². The van der Waals surface area contributed by atoms with Crippen molar-refractivity contribution in [2.24, 2.45) is 0 Å². The first-order chi connectivity index (χ1) is 11.8. The molecule has 0 aliphatic rings. The van der Waals surface area contributed by atoms with Crippen molar-refractivity contribution in [3.63, 3.8) is 0 Å². The van der Waals surface area contributed by atoms with Crippen molar-refractivity contribution >= 4 is 28.7 Å². The number of hydrogen-bond acceptors (Lipinski definition) is 4. The summed E-state index contributed by atoms with van der Waals surface area (Å²) in [5, 5.41) is 4.82. The third kappa shape index (κ3) is 5.95. The van der Waals surface area contributed by atoms with Crippen LogP contribution in [0.25, 0.3) is 16.8 Å². The van der Waals surface area contributed by atoms with Gasteiger partial charge in [-0.05, 0) is 61.4 Å². The zero-order valence-electron chi connectivity index (χ0n) is 15.0. The molecule has 0 heterocycles. The Morgan fingerprint density at radius 1 is 1.08 bits per heavy atom. The molecule has 1 N–H and O–H groups in total. The molecule has 2 aromatic carbocycles. The standard InChI is InChI=1S/C20H23NO4/c1-20(2,3)21-18(22)13-25-19(23)10-6-14-5-7-16-12-17(24-4)9-8-15(16)11-14/h5-12H,13H2,1-4H3,(H,21,22)/b10-6+. The molecule has 0 aliphatic carbocycles. The van der Waals surface area contributed by atoms with Crippen molar-refractivity contribution in [1.29, 1.82) is 0 Å². The second-order valence-electron chi connectivity index (χ2n) is 6.71. The van der Waals surface area contributed by atoms with E-state index in [4.69, 9.17) is 9.47 Å². The molecule has 0 aromatic heterocycles. The van der Waals surface area contributed by atoms with E-state index in [0.717, 1.165) is 22.1 Å². The smallest absolute Gasteiger partial charge is 0.331 e. The molecule has 5 heteroatoms. The minimum absolute atomic E-state index is 0.294. The van der Waals surface area contributed by atoms with Crippen LogP contribution in [0.2, 0.25) is 0 Å². The van der Waals surface area contributed by atoms with Crippen molar-refractivity contribution in [3.8, 4) is 5.75 Å². The van der Waals surface area contributed by atoms with E-state index in [-0.39, 0.29) is 18.1 Å². The summed E-state index contributed by atoms with van der Waals surface area (Å²) in [5.74, 6) is -0.0827. The van der Waals surface area contributed by atoms with Crippen LogP contribution >= 0.6 is 0 Å². The summed E-state index contributed by atoms with van der Waals surface area (Å²) in [7, 11) is 1.63. The lowest BCUT2D eigenvalue weighted by atomic mass is 10.1. The van der Waals surface area contributed by atoms with Gasteiger partial charge in [-0.25, -0.2) is 4.79 Å². The van der Waals surface area contributed by atoms with E-state index in [1.807, 2.05) is 57.2 Å². The van der Waals surface area contributed by atoms with E-state index < -0.39 is 5.97 Å². The predicted octanol–water partition coefficient (Wildman–Crippen LogP) is 3.32. The summed E-state index contributed by atoms with van der Waals surface area (Å²) in [6.07, 6.45) is 2.97. The van der Waals surface area contributed by atoms with Crippen LogP contribution < -0.4 is 10.1 Å². The molecule has 0 aliphatic heterocycles. The van der Waals surface area contributed by atoms with E-state index >= 15 is 0 Å². The Balaban J connectivity index is 1.95. The first kappa shape index (κ1) is 18.5. The number of carbonyl (C=O) groups excluding carboxylic acids is 2. The molecular weight excluding hydrogens is 318 g/mol. The summed E-state index contributed by atoms with van der Waals surface area (Å²) in [4.78, 5) is 23.3. The topological polar surface area (TPSA) is 64.6 Å². The fourth-order valence-corrected chi connectivity index (χ4v) is 2.28. The van der Waals surface area contributed by atoms with Crippen molar-refractivity contribution in [2.45, 2.75) is 26.3 Å². The van der Waals surface area contributed by atoms with Crippen molar-refractivity contribution in [3.05, 3.63) is 48.0 Å². The van der Waals surface area contributed by atoms with E-state index in [0.29, 0.717) is 0 Å². The molecule has 1 amide bonds. The highest BCUT2D eigenvalue weighted by Gasteiger charge is 2.14. The first-order valence-corrected chi connectivity index (χ1v) is 8.00. The van der Waals surface area contributed by atoms with Crippen LogP contribution in [0.5, 0.6) is 5.75 Å². The number of hydrogen-bond donors (Lipinski definition) is 1. The van der Waals surface area contributed by atoms with Gasteiger partial charge in [0.2, 0.25) is 0 Å². The maximum atomic E-state index is 11.7. The number of methoxy groups -OCH3 is 1. The predicted molar refractivity (Wildman–Crippen MR) is 98.4 cm³/mol. The number of esters is 1. The van der Waals surface area contributed by atoms with Crippen LogP contribution in [-0.4, -0.2) is 31.1 Å². The molecule has 25 heavy (non-hydrogen) atoms. The largest absolute Gasteiger partial charge is 0.497 e. The molecule has 2 aromatic rings. The van der Waals surface area contributed by atoms with E-state index in [1.165, 1.54) is 6.08 Å². The molecule has 0 bridgehead atoms. The van der Waals surface area contributed by atoms with Gasteiger partial charge in [-0.1, -0.05) is 18.2 Å². The number of fused-ring (bicyclic) bond motifs is 1. The maximum absolute atomic E-state index is 11.7. The molecule has 0 radical (unpaired) electrons. The quantitative estimate of drug-likeness (QED) is 0.669. The molecule has 0 atom stereocenters. The third-order valence-corrected chi connectivity index (χ3v) is 3.34. The highest BCUT2D eigenvalue weighted by molar-refractivity contribution is 5.91. The van der Waals surface area contributed by atoms with Gasteiger partial charge in [-0.15, -0.1) is 0 Å². The van der Waals surface area contributed by atoms with Gasteiger partial charge >= 0.3 is 5.97 Å². The Morgan fingerprint density at radius 3 is 2.44 bits per heavy atom. The third-order valence-electron chi connectivity index (χ3n) is 3.34. The maximum Gasteiger partial charge on any atom is 0.331 e. The molecule has 5 nitrogen and oxygen atoms in total. The summed E-state index contributed by atoms with van der Waals surface area (Å²) in [6, 6.07) is 11.6. The monoisotopic (exact) mass is 341 g/mol. The normalized spacial score (nSPS) is 11.5. The fourth-order valence-electron chi connectivity index (χ4n) is 2.28. The van der Waals surface area contributed by atoms with E-state index in [2.05, 4.69) is 5.32 Å². The molecule has 0 spiro atoms. The van der Waals surface area contributed by atoms with Gasteiger partial charge in [0.1, 0.15) is 5.75 Å². The zero-order valence-corrected chi connectivity index (χ0v) is 15.0. The van der Waals surface area contributed by atoms with Gasteiger partial charge < -0.3 is 14.8 Å². The average Bonchev–Trinajstić information content (AvgIpc) is 2.56. The van der Waals surface area contributed by atoms with Crippen molar-refractivity contribution in [1.82, 2.24) is 5.32 Å². The Bertz CT molecular complexity index is 803. The SMILES string of the molecule is COc1ccc2cc(/C=C/C(=O)OCC(=O)NC(C)(C)C)ccc2c1. The lowest BCUT2D eigenvalue weighted by Gasteiger charge is -2.20. The van der Waals surface area contributed by atoms with Gasteiger partial charge in [0.25, 0.3) is 5.91 Å². The minimum Gasteiger partial charge on any atom is -0.497 e. The van der Waals surface area contributed by atoms with Crippen LogP contribution in [0, 0.1) is 0 Å². The van der Waals surface area contributed by atoms with Gasteiger partial charge in [0.05, 0.1) is 7.11 Å². The molecule has 0 saturated carbocycles. The minimum atomic E-state index is -0.557. The summed E-state index contributed by atoms with van der Waals surface area (Å²) in [6.45, 7) is 5.30. The Morgan fingerprint density at radius 2 is 1.76 bits per heavy atom. The molecule has 132 valence electrons. The Labute approximate surface area is 147 Å². The van der Waals surface area contributed by atoms with Crippen molar-refractivity contribution in [2.75, 3.05) is 13.7 Å². The number of nitrogens with one attached hydrogen (secondary N) is 1. The second kappa shape index (κ2) is 7.83. The Hall–Kier alpha value is -2.82. The highest BCUT2D eigenvalue weighted by atomic mass is 16.5. The summed E-state index contributed by atoms with van der Waals surface area (Å²) < 4.78 is 10.1. The van der Waals surface area contributed by atoms with Crippen molar-refractivity contribution < 1.29 is 19.1 Å². The van der Waals surface area contributed by atoms with Crippen LogP contribution in [0.15, 0.2) is 42.5 Å². The van der Waals surface area contributed by atoms with Crippen LogP contribution in [0.1, 0.15) is 26.3 Å². The van der Waals surface area contributed by atoms with Gasteiger partial charge in [-0.3, -0.25) is 4.79 Å². The number of carbonyl (C=O) groups is 2. The molecule has 2 rings (SSSR count).